The number of aromatic nitrogens is 2. The molecular weight excluding hydrogens is 146 g/mol. The smallest absolute Gasteiger partial charge is 0.262 e. The molecule has 0 saturated heterocycles. The first kappa shape index (κ1) is 6.33. The summed E-state index contributed by atoms with van der Waals surface area (Å²) < 4.78 is 5.25. The molecule has 0 radical (unpaired) electrons. The van der Waals surface area contributed by atoms with Crippen LogP contribution in [0.25, 0.3) is 0 Å². The van der Waals surface area contributed by atoms with E-state index in [1.807, 2.05) is 0 Å². The van der Waals surface area contributed by atoms with Crippen molar-refractivity contribution in [3.05, 3.63) is 11.1 Å². The highest BCUT2D eigenvalue weighted by Crippen LogP contribution is 2.31. The van der Waals surface area contributed by atoms with Crippen molar-refractivity contribution >= 4 is 5.69 Å². The van der Waals surface area contributed by atoms with Crippen molar-refractivity contribution in [1.82, 2.24) is 10.2 Å². The van der Waals surface area contributed by atoms with Crippen LogP contribution in [0.5, 0.6) is 5.88 Å². The van der Waals surface area contributed by atoms with E-state index in [1.165, 1.54) is 6.20 Å². The third-order valence-corrected chi connectivity index (χ3v) is 1.49. The average molecular weight is 153 g/mol. The minimum absolute atomic E-state index is 0.247. The molecule has 0 aliphatic heterocycles. The van der Waals surface area contributed by atoms with Gasteiger partial charge in [-0.15, -0.1) is 10.0 Å². The molecule has 1 saturated carbocycles. The van der Waals surface area contributed by atoms with Gasteiger partial charge in [0.2, 0.25) is 0 Å². The van der Waals surface area contributed by atoms with Crippen LogP contribution in [-0.2, 0) is 0 Å². The molecule has 0 bridgehead atoms. The Morgan fingerprint density at radius 3 is 3.18 bits per heavy atom. The summed E-state index contributed by atoms with van der Waals surface area (Å²) in [7, 11) is 0. The lowest BCUT2D eigenvalue weighted by molar-refractivity contribution is 0.291. The molecule has 1 N–H and O–H groups in total. The quantitative estimate of drug-likeness (QED) is 0.666. The van der Waals surface area contributed by atoms with Crippen LogP contribution in [0.15, 0.2) is 11.4 Å². The van der Waals surface area contributed by atoms with E-state index in [0.717, 1.165) is 12.8 Å². The molecule has 5 heteroatoms. The summed E-state index contributed by atoms with van der Waals surface area (Å²) in [5.41, 5.74) is 0.247. The minimum atomic E-state index is 0.247. The maximum Gasteiger partial charge on any atom is 0.262 e. The molecule has 0 aromatic carbocycles. The van der Waals surface area contributed by atoms with Crippen LogP contribution in [0, 0.1) is 4.91 Å². The lowest BCUT2D eigenvalue weighted by Gasteiger charge is -1.96. The third kappa shape index (κ3) is 1.21. The van der Waals surface area contributed by atoms with Crippen LogP contribution < -0.4 is 4.74 Å². The summed E-state index contributed by atoms with van der Waals surface area (Å²) in [6, 6.07) is 0. The average Bonchev–Trinajstić information content (AvgIpc) is 2.68. The summed E-state index contributed by atoms with van der Waals surface area (Å²) in [6.45, 7) is 0. The SMILES string of the molecule is O=Nc1c[nH]nc1OC1CC1. The monoisotopic (exact) mass is 153 g/mol. The zero-order valence-corrected chi connectivity index (χ0v) is 5.78. The van der Waals surface area contributed by atoms with Gasteiger partial charge in [0.1, 0.15) is 6.10 Å². The molecule has 1 heterocycles. The van der Waals surface area contributed by atoms with Gasteiger partial charge in [0.25, 0.3) is 5.88 Å². The molecule has 0 atom stereocenters. The van der Waals surface area contributed by atoms with E-state index in [0.29, 0.717) is 5.88 Å². The normalized spacial score (nSPS) is 16.4. The van der Waals surface area contributed by atoms with Crippen LogP contribution in [0.2, 0.25) is 0 Å². The molecule has 1 fully saturated rings. The summed E-state index contributed by atoms with van der Waals surface area (Å²) >= 11 is 0. The summed E-state index contributed by atoms with van der Waals surface area (Å²) in [5, 5.41) is 8.98. The largest absolute Gasteiger partial charge is 0.472 e. The molecule has 1 aliphatic rings. The fourth-order valence-electron chi connectivity index (χ4n) is 0.767. The van der Waals surface area contributed by atoms with Gasteiger partial charge in [-0.05, 0) is 18.0 Å². The zero-order valence-electron chi connectivity index (χ0n) is 5.78. The number of H-pyrrole nitrogens is 1. The van der Waals surface area contributed by atoms with Crippen LogP contribution in [0.1, 0.15) is 12.8 Å². The van der Waals surface area contributed by atoms with E-state index in [4.69, 9.17) is 4.74 Å². The predicted molar refractivity (Wildman–Crippen MR) is 37.7 cm³/mol. The Bertz CT molecular complexity index is 267. The van der Waals surface area contributed by atoms with Crippen LogP contribution in [0.3, 0.4) is 0 Å². The Labute approximate surface area is 62.7 Å². The lowest BCUT2D eigenvalue weighted by atomic mass is 10.6. The van der Waals surface area contributed by atoms with Crippen molar-refractivity contribution in [1.29, 1.82) is 0 Å². The van der Waals surface area contributed by atoms with Crippen molar-refractivity contribution in [2.45, 2.75) is 18.9 Å². The second-order valence-electron chi connectivity index (χ2n) is 2.48. The van der Waals surface area contributed by atoms with Gasteiger partial charge in [-0.1, -0.05) is 0 Å². The number of rotatable bonds is 3. The molecule has 0 spiro atoms. The number of ether oxygens (including phenoxy) is 1. The van der Waals surface area contributed by atoms with Crippen molar-refractivity contribution in [3.63, 3.8) is 0 Å². The first-order chi connectivity index (χ1) is 5.40. The molecule has 2 rings (SSSR count). The number of nitroso groups, excluding NO2 is 1. The van der Waals surface area contributed by atoms with Gasteiger partial charge in [-0.25, -0.2) is 0 Å². The standard InChI is InChI=1S/C6H7N3O2/c10-9-5-3-7-8-6(5)11-4-1-2-4/h3-4H,1-2H2,(H,7,8). The van der Waals surface area contributed by atoms with Crippen molar-refractivity contribution in [3.8, 4) is 5.88 Å². The maximum atomic E-state index is 10.1. The fraction of sp³-hybridized carbons (Fsp3) is 0.500. The van der Waals surface area contributed by atoms with E-state index >= 15 is 0 Å². The van der Waals surface area contributed by atoms with Crippen LogP contribution in [0.4, 0.5) is 5.69 Å². The third-order valence-electron chi connectivity index (χ3n) is 1.49. The first-order valence-corrected chi connectivity index (χ1v) is 3.44. The Kier molecular flexibility index (Phi) is 1.34. The first-order valence-electron chi connectivity index (χ1n) is 3.44. The second-order valence-corrected chi connectivity index (χ2v) is 2.48. The van der Waals surface area contributed by atoms with Gasteiger partial charge in [0, 0.05) is 0 Å². The topological polar surface area (TPSA) is 67.3 Å². The van der Waals surface area contributed by atoms with E-state index < -0.39 is 0 Å². The number of aromatic amines is 1. The van der Waals surface area contributed by atoms with Gasteiger partial charge in [0.15, 0.2) is 5.69 Å². The molecule has 5 nitrogen and oxygen atoms in total. The molecule has 11 heavy (non-hydrogen) atoms. The van der Waals surface area contributed by atoms with E-state index in [2.05, 4.69) is 15.4 Å². The molecule has 1 aliphatic carbocycles. The van der Waals surface area contributed by atoms with Gasteiger partial charge >= 0.3 is 0 Å². The van der Waals surface area contributed by atoms with Crippen molar-refractivity contribution < 1.29 is 4.74 Å². The van der Waals surface area contributed by atoms with E-state index in [9.17, 15) is 4.91 Å². The number of hydrogen-bond acceptors (Lipinski definition) is 4. The molecule has 1 aromatic rings. The highest BCUT2D eigenvalue weighted by atomic mass is 16.5. The van der Waals surface area contributed by atoms with Crippen LogP contribution in [-0.4, -0.2) is 16.3 Å². The molecule has 1 aromatic heterocycles. The number of nitrogens with zero attached hydrogens (tertiary/aromatic N) is 2. The van der Waals surface area contributed by atoms with Gasteiger partial charge in [0.05, 0.1) is 6.20 Å². The van der Waals surface area contributed by atoms with Gasteiger partial charge < -0.3 is 4.74 Å². The fourth-order valence-corrected chi connectivity index (χ4v) is 0.767. The van der Waals surface area contributed by atoms with Gasteiger partial charge in [-0.2, -0.15) is 0 Å². The summed E-state index contributed by atoms with van der Waals surface area (Å²) in [4.78, 5) is 10.1. The van der Waals surface area contributed by atoms with Crippen molar-refractivity contribution in [2.75, 3.05) is 0 Å². The predicted octanol–water partition coefficient (Wildman–Crippen LogP) is 1.35. The Balaban J connectivity index is 2.13. The molecule has 58 valence electrons. The number of hydrogen-bond donors (Lipinski definition) is 1. The zero-order chi connectivity index (χ0) is 7.68. The lowest BCUT2D eigenvalue weighted by Crippen LogP contribution is -1.95. The summed E-state index contributed by atoms with van der Waals surface area (Å²) in [6.07, 6.45) is 3.76. The van der Waals surface area contributed by atoms with Crippen molar-refractivity contribution in [2.24, 2.45) is 5.18 Å². The highest BCUT2D eigenvalue weighted by Gasteiger charge is 2.25. The Morgan fingerprint density at radius 2 is 2.55 bits per heavy atom. The molecular formula is C6H7N3O2. The van der Waals surface area contributed by atoms with Crippen LogP contribution >= 0.6 is 0 Å². The van der Waals surface area contributed by atoms with E-state index in [-0.39, 0.29) is 11.8 Å². The van der Waals surface area contributed by atoms with Gasteiger partial charge in [-0.3, -0.25) is 5.10 Å². The molecule has 0 unspecified atom stereocenters. The Morgan fingerprint density at radius 1 is 1.73 bits per heavy atom. The minimum Gasteiger partial charge on any atom is -0.472 e. The maximum absolute atomic E-state index is 10.1. The second kappa shape index (κ2) is 2.34. The summed E-state index contributed by atoms with van der Waals surface area (Å²) in [5.74, 6) is 0.322. The number of nitrogens with one attached hydrogen (secondary N) is 1. The Hall–Kier alpha value is -1.39. The highest BCUT2D eigenvalue weighted by molar-refractivity contribution is 5.44. The molecule has 0 amide bonds. The van der Waals surface area contributed by atoms with E-state index in [1.54, 1.807) is 0 Å².